The van der Waals surface area contributed by atoms with Crippen LogP contribution < -0.4 is 5.32 Å². The second-order valence-corrected chi connectivity index (χ2v) is 4.63. The fourth-order valence-corrected chi connectivity index (χ4v) is 1.68. The number of aliphatic hydroxyl groups excluding tert-OH is 1. The molecule has 1 aromatic rings. The van der Waals surface area contributed by atoms with E-state index in [0.29, 0.717) is 12.4 Å². The highest BCUT2D eigenvalue weighted by Gasteiger charge is 2.41. The average molecular weight is 237 g/mol. The van der Waals surface area contributed by atoms with E-state index >= 15 is 0 Å². The molecular weight excluding hydrogens is 222 g/mol. The molecule has 2 N–H and O–H groups in total. The molecule has 0 saturated heterocycles. The van der Waals surface area contributed by atoms with Gasteiger partial charge in [0, 0.05) is 18.0 Å². The smallest absolute Gasteiger partial charge is 0.287 e. The molecule has 0 spiro atoms. The summed E-state index contributed by atoms with van der Waals surface area (Å²) in [5, 5.41) is 22.9. The Morgan fingerprint density at radius 3 is 2.82 bits per heavy atom. The number of hydrogen-bond acceptors (Lipinski definition) is 5. The van der Waals surface area contributed by atoms with Gasteiger partial charge >= 0.3 is 0 Å². The summed E-state index contributed by atoms with van der Waals surface area (Å²) in [7, 11) is 0. The van der Waals surface area contributed by atoms with Crippen LogP contribution in [0.5, 0.6) is 0 Å². The van der Waals surface area contributed by atoms with E-state index in [-0.39, 0.29) is 17.7 Å². The maximum atomic E-state index is 10.5. The first-order valence-corrected chi connectivity index (χ1v) is 5.52. The van der Waals surface area contributed by atoms with E-state index in [0.717, 1.165) is 18.4 Å². The van der Waals surface area contributed by atoms with Gasteiger partial charge in [0.2, 0.25) is 0 Å². The van der Waals surface area contributed by atoms with Gasteiger partial charge in [-0.1, -0.05) is 0 Å². The fourth-order valence-electron chi connectivity index (χ4n) is 1.68. The average Bonchev–Trinajstić information content (AvgIpc) is 3.08. The molecule has 0 bridgehead atoms. The third-order valence-corrected chi connectivity index (χ3v) is 3.20. The van der Waals surface area contributed by atoms with Crippen molar-refractivity contribution in [2.24, 2.45) is 5.41 Å². The van der Waals surface area contributed by atoms with E-state index in [1.54, 1.807) is 6.92 Å². The number of pyridine rings is 1. The van der Waals surface area contributed by atoms with Gasteiger partial charge in [0.25, 0.3) is 5.69 Å². The molecule has 1 heterocycles. The highest BCUT2D eigenvalue weighted by Crippen LogP contribution is 2.44. The summed E-state index contributed by atoms with van der Waals surface area (Å²) < 4.78 is 0. The van der Waals surface area contributed by atoms with Gasteiger partial charge in [0.15, 0.2) is 0 Å². The molecule has 1 aromatic heterocycles. The zero-order valence-electron chi connectivity index (χ0n) is 9.64. The summed E-state index contributed by atoms with van der Waals surface area (Å²) in [6.45, 7) is 2.61. The first kappa shape index (κ1) is 11.8. The van der Waals surface area contributed by atoms with Crippen LogP contribution in [0.2, 0.25) is 0 Å². The zero-order valence-corrected chi connectivity index (χ0v) is 9.64. The van der Waals surface area contributed by atoms with E-state index in [1.807, 2.05) is 0 Å². The quantitative estimate of drug-likeness (QED) is 0.598. The minimum atomic E-state index is -0.458. The summed E-state index contributed by atoms with van der Waals surface area (Å²) in [6, 6.07) is 1.49. The predicted octanol–water partition coefficient (Wildman–Crippen LogP) is 1.48. The molecule has 1 aliphatic rings. The van der Waals surface area contributed by atoms with Crippen molar-refractivity contribution in [3.8, 4) is 0 Å². The highest BCUT2D eigenvalue weighted by molar-refractivity contribution is 5.48. The van der Waals surface area contributed by atoms with Crippen LogP contribution in [-0.4, -0.2) is 28.2 Å². The van der Waals surface area contributed by atoms with Crippen molar-refractivity contribution in [3.05, 3.63) is 27.9 Å². The molecule has 0 unspecified atom stereocenters. The number of nitrogens with zero attached hydrogens (tertiary/aromatic N) is 2. The van der Waals surface area contributed by atoms with Gasteiger partial charge in [0.1, 0.15) is 12.0 Å². The molecule has 6 heteroatoms. The van der Waals surface area contributed by atoms with E-state index in [4.69, 9.17) is 0 Å². The zero-order chi connectivity index (χ0) is 12.5. The normalized spacial score (nSPS) is 16.6. The molecule has 17 heavy (non-hydrogen) atoms. The van der Waals surface area contributed by atoms with Crippen LogP contribution in [0, 0.1) is 22.5 Å². The minimum absolute atomic E-state index is 0.00339. The van der Waals surface area contributed by atoms with Gasteiger partial charge in [0.05, 0.1) is 11.5 Å². The summed E-state index contributed by atoms with van der Waals surface area (Å²) in [6.07, 6.45) is 3.28. The molecule has 1 fully saturated rings. The molecule has 0 radical (unpaired) electrons. The SMILES string of the molecule is Cc1cc([N+](=O)[O-])cnc1NCC1(CO)CC1. The van der Waals surface area contributed by atoms with Gasteiger partial charge in [-0.2, -0.15) is 0 Å². The summed E-state index contributed by atoms with van der Waals surface area (Å²) in [4.78, 5) is 14.1. The van der Waals surface area contributed by atoms with Crippen LogP contribution in [0.3, 0.4) is 0 Å². The molecule has 6 nitrogen and oxygen atoms in total. The Bertz CT molecular complexity index is 444. The second-order valence-electron chi connectivity index (χ2n) is 4.63. The van der Waals surface area contributed by atoms with Crippen molar-refractivity contribution in [2.75, 3.05) is 18.5 Å². The lowest BCUT2D eigenvalue weighted by Gasteiger charge is -2.14. The number of nitrogens with one attached hydrogen (secondary N) is 1. The lowest BCUT2D eigenvalue weighted by Crippen LogP contribution is -2.20. The largest absolute Gasteiger partial charge is 0.396 e. The Hall–Kier alpha value is -1.69. The van der Waals surface area contributed by atoms with Crippen LogP contribution in [0.4, 0.5) is 11.5 Å². The Morgan fingerprint density at radius 2 is 2.35 bits per heavy atom. The number of rotatable bonds is 5. The highest BCUT2D eigenvalue weighted by atomic mass is 16.6. The van der Waals surface area contributed by atoms with Crippen LogP contribution in [0.15, 0.2) is 12.3 Å². The first-order valence-electron chi connectivity index (χ1n) is 5.52. The van der Waals surface area contributed by atoms with Crippen LogP contribution in [-0.2, 0) is 0 Å². The Kier molecular flexibility index (Phi) is 2.97. The topological polar surface area (TPSA) is 88.3 Å². The Balaban J connectivity index is 2.04. The third kappa shape index (κ3) is 2.52. The Labute approximate surface area is 98.8 Å². The molecule has 0 atom stereocenters. The van der Waals surface area contributed by atoms with Crippen LogP contribution in [0.1, 0.15) is 18.4 Å². The molecular formula is C11H15N3O3. The lowest BCUT2D eigenvalue weighted by atomic mass is 10.1. The van der Waals surface area contributed by atoms with E-state index in [9.17, 15) is 15.2 Å². The monoisotopic (exact) mass is 237 g/mol. The van der Waals surface area contributed by atoms with Crippen molar-refractivity contribution in [3.63, 3.8) is 0 Å². The number of hydrogen-bond donors (Lipinski definition) is 2. The molecule has 0 aromatic carbocycles. The van der Waals surface area contributed by atoms with Crippen LogP contribution in [0.25, 0.3) is 0 Å². The second kappa shape index (κ2) is 4.29. The van der Waals surface area contributed by atoms with E-state index in [1.165, 1.54) is 12.3 Å². The third-order valence-electron chi connectivity index (χ3n) is 3.20. The van der Waals surface area contributed by atoms with Gasteiger partial charge in [-0.05, 0) is 25.3 Å². The number of aryl methyl sites for hydroxylation is 1. The first-order chi connectivity index (χ1) is 8.06. The number of aliphatic hydroxyl groups is 1. The molecule has 2 rings (SSSR count). The maximum absolute atomic E-state index is 10.5. The number of nitro groups is 1. The maximum Gasteiger partial charge on any atom is 0.287 e. The lowest BCUT2D eigenvalue weighted by molar-refractivity contribution is -0.385. The molecule has 1 saturated carbocycles. The van der Waals surface area contributed by atoms with Gasteiger partial charge in [-0.25, -0.2) is 4.98 Å². The van der Waals surface area contributed by atoms with Crippen molar-refractivity contribution in [1.82, 2.24) is 4.98 Å². The summed E-state index contributed by atoms with van der Waals surface area (Å²) in [5.41, 5.74) is 0.736. The Morgan fingerprint density at radius 1 is 1.65 bits per heavy atom. The molecule has 0 aliphatic heterocycles. The number of anilines is 1. The number of aromatic nitrogens is 1. The summed E-state index contributed by atoms with van der Waals surface area (Å²) in [5.74, 6) is 0.648. The van der Waals surface area contributed by atoms with Crippen molar-refractivity contribution in [1.29, 1.82) is 0 Å². The van der Waals surface area contributed by atoms with Crippen molar-refractivity contribution < 1.29 is 10.0 Å². The molecule has 92 valence electrons. The summed E-state index contributed by atoms with van der Waals surface area (Å²) >= 11 is 0. The van der Waals surface area contributed by atoms with Crippen molar-refractivity contribution in [2.45, 2.75) is 19.8 Å². The van der Waals surface area contributed by atoms with Crippen molar-refractivity contribution >= 4 is 11.5 Å². The molecule has 0 amide bonds. The van der Waals surface area contributed by atoms with E-state index in [2.05, 4.69) is 10.3 Å². The predicted molar refractivity (Wildman–Crippen MR) is 62.9 cm³/mol. The van der Waals surface area contributed by atoms with Gasteiger partial charge < -0.3 is 10.4 Å². The fraction of sp³-hybridized carbons (Fsp3) is 0.545. The van der Waals surface area contributed by atoms with Gasteiger partial charge in [-0.15, -0.1) is 0 Å². The van der Waals surface area contributed by atoms with E-state index < -0.39 is 4.92 Å². The van der Waals surface area contributed by atoms with Crippen LogP contribution >= 0.6 is 0 Å². The molecule has 1 aliphatic carbocycles. The van der Waals surface area contributed by atoms with Gasteiger partial charge in [-0.3, -0.25) is 10.1 Å². The minimum Gasteiger partial charge on any atom is -0.396 e. The standard InChI is InChI=1S/C11H15N3O3/c1-8-4-9(14(16)17)5-12-10(8)13-6-11(7-15)2-3-11/h4-5,15H,2-3,6-7H2,1H3,(H,12,13).